The van der Waals surface area contributed by atoms with Gasteiger partial charge in [0, 0.05) is 63.1 Å². The molecule has 1 aromatic carbocycles. The predicted octanol–water partition coefficient (Wildman–Crippen LogP) is 4.38. The van der Waals surface area contributed by atoms with E-state index in [-0.39, 0.29) is 6.10 Å². The zero-order chi connectivity index (χ0) is 25.2. The molecule has 2 aromatic heterocycles. The minimum absolute atomic E-state index is 0.162. The summed E-state index contributed by atoms with van der Waals surface area (Å²) in [6, 6.07) is 9.54. The van der Waals surface area contributed by atoms with Crippen molar-refractivity contribution in [1.82, 2.24) is 24.3 Å². The summed E-state index contributed by atoms with van der Waals surface area (Å²) in [6.45, 7) is 6.50. The van der Waals surface area contributed by atoms with Gasteiger partial charge in [-0.1, -0.05) is 35.9 Å². The Bertz CT molecular complexity index is 1230. The van der Waals surface area contributed by atoms with Crippen LogP contribution in [-0.4, -0.2) is 75.3 Å². The fourth-order valence-electron chi connectivity index (χ4n) is 5.79. The van der Waals surface area contributed by atoms with Gasteiger partial charge >= 0.3 is 0 Å². The molecule has 0 atom stereocenters. The predicted molar refractivity (Wildman–Crippen MR) is 149 cm³/mol. The summed E-state index contributed by atoms with van der Waals surface area (Å²) >= 11 is 0. The van der Waals surface area contributed by atoms with Gasteiger partial charge in [-0.3, -0.25) is 4.90 Å². The quantitative estimate of drug-likeness (QED) is 0.425. The van der Waals surface area contributed by atoms with Crippen molar-refractivity contribution in [1.29, 1.82) is 0 Å². The largest absolute Gasteiger partial charge is 0.393 e. The number of hydrogen-bond acceptors (Lipinski definition) is 6. The molecule has 7 nitrogen and oxygen atoms in total. The molecule has 0 bridgehead atoms. The monoisotopic (exact) mass is 500 g/mol. The minimum Gasteiger partial charge on any atom is -0.393 e. The lowest BCUT2D eigenvalue weighted by molar-refractivity contribution is 0.111. The lowest BCUT2D eigenvalue weighted by Gasteiger charge is -2.32. The second-order valence-corrected chi connectivity index (χ2v) is 11.3. The molecule has 7 heteroatoms. The third-order valence-corrected chi connectivity index (χ3v) is 8.36. The molecule has 0 spiro atoms. The van der Waals surface area contributed by atoms with Gasteiger partial charge in [-0.05, 0) is 68.7 Å². The van der Waals surface area contributed by atoms with Crippen LogP contribution in [0.25, 0.3) is 11.0 Å². The minimum atomic E-state index is -0.162. The molecule has 0 radical (unpaired) electrons. The molecule has 2 fully saturated rings. The summed E-state index contributed by atoms with van der Waals surface area (Å²) in [5, 5.41) is 14.6. The number of hydrogen-bond donors (Lipinski definition) is 2. The second kappa shape index (κ2) is 10.9. The van der Waals surface area contributed by atoms with Crippen molar-refractivity contribution in [3.63, 3.8) is 0 Å². The standard InChI is InChI=1S/C30H40N6O/c1-34-14-16-35(17-15-34)20-24-6-4-23(5-7-24)18-25-21-36(26-8-10-27(37)11-9-26)29-28(25)19-32-30(33-29)31-13-12-22-2-3-22/h2,4-7,19,21,26-27,37H,3,8-18,20H2,1H3,(H,31,32,33). The Hall–Kier alpha value is -2.74. The number of fused-ring (bicyclic) bond motifs is 1. The Morgan fingerprint density at radius 1 is 1.00 bits per heavy atom. The lowest BCUT2D eigenvalue weighted by Crippen LogP contribution is -2.43. The molecule has 3 heterocycles. The molecular weight excluding hydrogens is 460 g/mol. The van der Waals surface area contributed by atoms with Gasteiger partial charge in [-0.25, -0.2) is 4.98 Å². The smallest absolute Gasteiger partial charge is 0.224 e. The number of nitrogens with zero attached hydrogens (tertiary/aromatic N) is 5. The van der Waals surface area contributed by atoms with Crippen LogP contribution in [0, 0.1) is 0 Å². The van der Waals surface area contributed by atoms with Gasteiger partial charge in [0.15, 0.2) is 0 Å². The van der Waals surface area contributed by atoms with E-state index in [2.05, 4.69) is 68.3 Å². The molecule has 3 aliphatic rings. The van der Waals surface area contributed by atoms with E-state index >= 15 is 0 Å². The van der Waals surface area contributed by atoms with Gasteiger partial charge in [0.25, 0.3) is 0 Å². The molecule has 3 aromatic rings. The summed E-state index contributed by atoms with van der Waals surface area (Å²) < 4.78 is 2.37. The molecular formula is C30H40N6O. The Morgan fingerprint density at radius 2 is 1.73 bits per heavy atom. The van der Waals surface area contributed by atoms with E-state index in [1.807, 2.05) is 6.20 Å². The maximum atomic E-state index is 10.1. The SMILES string of the molecule is CN1CCN(Cc2ccc(Cc3cn(C4CCC(O)CC4)c4nc(NCCC5=CC5)ncc34)cc2)CC1. The first-order chi connectivity index (χ1) is 18.1. The van der Waals surface area contributed by atoms with Crippen molar-refractivity contribution in [3.05, 3.63) is 65.0 Å². The van der Waals surface area contributed by atoms with Crippen LogP contribution < -0.4 is 5.32 Å². The van der Waals surface area contributed by atoms with Crippen LogP contribution in [0.1, 0.15) is 61.3 Å². The average molecular weight is 501 g/mol. The van der Waals surface area contributed by atoms with Crippen LogP contribution in [0.4, 0.5) is 5.95 Å². The van der Waals surface area contributed by atoms with Gasteiger partial charge in [-0.15, -0.1) is 0 Å². The number of aliphatic hydroxyl groups is 1. The van der Waals surface area contributed by atoms with Crippen molar-refractivity contribution in [2.75, 3.05) is 45.1 Å². The first-order valence-electron chi connectivity index (χ1n) is 14.1. The number of aliphatic hydroxyl groups excluding tert-OH is 1. The molecule has 196 valence electrons. The summed E-state index contributed by atoms with van der Waals surface area (Å²) in [5.41, 5.74) is 6.53. The number of benzene rings is 1. The van der Waals surface area contributed by atoms with Crippen molar-refractivity contribution in [2.24, 2.45) is 0 Å². The molecule has 0 amide bonds. The normalized spacial score (nSPS) is 22.8. The Balaban J connectivity index is 1.20. The van der Waals surface area contributed by atoms with Crippen LogP contribution in [0.3, 0.4) is 0 Å². The molecule has 1 aliphatic heterocycles. The summed E-state index contributed by atoms with van der Waals surface area (Å²) in [7, 11) is 2.20. The number of piperazine rings is 1. The first kappa shape index (κ1) is 24.6. The summed E-state index contributed by atoms with van der Waals surface area (Å²) in [4.78, 5) is 14.6. The first-order valence-corrected chi connectivity index (χ1v) is 14.1. The van der Waals surface area contributed by atoms with E-state index in [0.29, 0.717) is 12.0 Å². The van der Waals surface area contributed by atoms with E-state index in [1.54, 1.807) is 0 Å². The van der Waals surface area contributed by atoms with E-state index in [0.717, 1.165) is 95.2 Å². The highest BCUT2D eigenvalue weighted by Gasteiger charge is 2.24. The average Bonchev–Trinajstić information content (AvgIpc) is 3.68. The fourth-order valence-corrected chi connectivity index (χ4v) is 5.79. The van der Waals surface area contributed by atoms with E-state index < -0.39 is 0 Å². The molecule has 0 unspecified atom stereocenters. The summed E-state index contributed by atoms with van der Waals surface area (Å²) in [6.07, 6.45) is 13.2. The maximum Gasteiger partial charge on any atom is 0.224 e. The van der Waals surface area contributed by atoms with Crippen LogP contribution in [0.5, 0.6) is 0 Å². The van der Waals surface area contributed by atoms with E-state index in [1.165, 1.54) is 22.3 Å². The molecule has 2 aliphatic carbocycles. The van der Waals surface area contributed by atoms with E-state index in [4.69, 9.17) is 4.98 Å². The number of anilines is 1. The van der Waals surface area contributed by atoms with Crippen LogP contribution in [-0.2, 0) is 13.0 Å². The maximum absolute atomic E-state index is 10.1. The van der Waals surface area contributed by atoms with Crippen LogP contribution in [0.2, 0.25) is 0 Å². The van der Waals surface area contributed by atoms with Crippen LogP contribution in [0.15, 0.2) is 48.3 Å². The van der Waals surface area contributed by atoms with Crippen molar-refractivity contribution in [2.45, 2.75) is 63.6 Å². The van der Waals surface area contributed by atoms with E-state index in [9.17, 15) is 5.11 Å². The number of nitrogens with one attached hydrogen (secondary N) is 1. The lowest BCUT2D eigenvalue weighted by atomic mass is 9.93. The van der Waals surface area contributed by atoms with Gasteiger partial charge in [0.1, 0.15) is 5.65 Å². The van der Waals surface area contributed by atoms with Crippen molar-refractivity contribution in [3.8, 4) is 0 Å². The highest BCUT2D eigenvalue weighted by Crippen LogP contribution is 2.34. The zero-order valence-corrected chi connectivity index (χ0v) is 22.1. The van der Waals surface area contributed by atoms with Gasteiger partial charge in [0.2, 0.25) is 5.95 Å². The third-order valence-electron chi connectivity index (χ3n) is 8.36. The Morgan fingerprint density at radius 3 is 2.46 bits per heavy atom. The van der Waals surface area contributed by atoms with Gasteiger partial charge in [-0.2, -0.15) is 4.98 Å². The second-order valence-electron chi connectivity index (χ2n) is 11.3. The van der Waals surface area contributed by atoms with Crippen molar-refractivity contribution >= 4 is 17.0 Å². The van der Waals surface area contributed by atoms with Crippen molar-refractivity contribution < 1.29 is 5.11 Å². The topological polar surface area (TPSA) is 69.5 Å². The highest BCUT2D eigenvalue weighted by molar-refractivity contribution is 5.81. The van der Waals surface area contributed by atoms with Crippen LogP contribution >= 0.6 is 0 Å². The molecule has 2 N–H and O–H groups in total. The highest BCUT2D eigenvalue weighted by atomic mass is 16.3. The third kappa shape index (κ3) is 6.06. The summed E-state index contributed by atoms with van der Waals surface area (Å²) in [5.74, 6) is 0.712. The Kier molecular flexibility index (Phi) is 7.27. The molecule has 1 saturated heterocycles. The molecule has 37 heavy (non-hydrogen) atoms. The molecule has 1 saturated carbocycles. The van der Waals surface area contributed by atoms with Gasteiger partial charge < -0.3 is 19.9 Å². The fraction of sp³-hybridized carbons (Fsp3) is 0.533. The number of rotatable bonds is 9. The number of aromatic nitrogens is 3. The number of likely N-dealkylation sites (N-methyl/N-ethyl adjacent to an activating group) is 1. The zero-order valence-electron chi connectivity index (χ0n) is 22.1. The Labute approximate surface area is 220 Å². The molecule has 6 rings (SSSR count). The number of allylic oxidation sites excluding steroid dienone is 1. The van der Waals surface area contributed by atoms with Gasteiger partial charge in [0.05, 0.1) is 6.10 Å².